The van der Waals surface area contributed by atoms with Crippen LogP contribution in [0, 0.1) is 30.6 Å². The smallest absolute Gasteiger partial charge is 0.253 e. The topological polar surface area (TPSA) is 41.1 Å². The zero-order valence-electron chi connectivity index (χ0n) is 12.1. The summed E-state index contributed by atoms with van der Waals surface area (Å²) in [6.45, 7) is 2.03. The molecule has 0 heterocycles. The summed E-state index contributed by atoms with van der Waals surface area (Å²) in [5, 5.41) is 6.41. The fourth-order valence-corrected chi connectivity index (χ4v) is 4.81. The lowest BCUT2D eigenvalue weighted by atomic mass is 10.0. The standard InChI is InChI=1S/C17H22N2O/c1-9-3-6-13(18-2)12(7-9)17(20)19-16-14-10-4-5-11(8-10)15(14)16/h3,6-7,10-11,14-16,18H,4-5,8H2,1-2H3,(H,19,20). The number of fused-ring (bicyclic) bond motifs is 5. The molecule has 1 aromatic carbocycles. The van der Waals surface area contributed by atoms with Gasteiger partial charge in [0.1, 0.15) is 0 Å². The number of hydrogen-bond acceptors (Lipinski definition) is 2. The van der Waals surface area contributed by atoms with Crippen molar-refractivity contribution >= 4 is 11.6 Å². The molecule has 3 aliphatic rings. The predicted octanol–water partition coefficient (Wildman–Crippen LogP) is 2.81. The van der Waals surface area contributed by atoms with E-state index in [0.717, 1.165) is 40.5 Å². The van der Waals surface area contributed by atoms with Crippen molar-refractivity contribution in [3.05, 3.63) is 29.3 Å². The van der Waals surface area contributed by atoms with Crippen LogP contribution in [0.4, 0.5) is 5.69 Å². The average Bonchev–Trinajstić information content (AvgIpc) is 2.84. The van der Waals surface area contributed by atoms with Gasteiger partial charge in [0, 0.05) is 18.8 Å². The van der Waals surface area contributed by atoms with Gasteiger partial charge in [-0.1, -0.05) is 11.6 Å². The molecule has 0 spiro atoms. The first-order chi connectivity index (χ1) is 9.69. The van der Waals surface area contributed by atoms with Crippen LogP contribution in [0.1, 0.15) is 35.2 Å². The van der Waals surface area contributed by atoms with Crippen LogP contribution in [0.25, 0.3) is 0 Å². The molecular weight excluding hydrogens is 248 g/mol. The highest BCUT2D eigenvalue weighted by Crippen LogP contribution is 2.65. The molecule has 0 saturated heterocycles. The van der Waals surface area contributed by atoms with Gasteiger partial charge in [0.25, 0.3) is 5.91 Å². The maximum atomic E-state index is 12.5. The molecule has 3 aliphatic carbocycles. The van der Waals surface area contributed by atoms with Crippen LogP contribution in [-0.2, 0) is 0 Å². The minimum Gasteiger partial charge on any atom is -0.387 e. The lowest BCUT2D eigenvalue weighted by Crippen LogP contribution is -2.30. The van der Waals surface area contributed by atoms with Crippen LogP contribution in [0.3, 0.4) is 0 Å². The van der Waals surface area contributed by atoms with Gasteiger partial charge in [0.15, 0.2) is 0 Å². The van der Waals surface area contributed by atoms with Crippen LogP contribution >= 0.6 is 0 Å². The zero-order valence-corrected chi connectivity index (χ0v) is 12.1. The van der Waals surface area contributed by atoms with Gasteiger partial charge in [-0.2, -0.15) is 0 Å². The van der Waals surface area contributed by atoms with Crippen LogP contribution in [-0.4, -0.2) is 19.0 Å². The molecule has 20 heavy (non-hydrogen) atoms. The highest BCUT2D eigenvalue weighted by molar-refractivity contribution is 6.00. The SMILES string of the molecule is CNc1ccc(C)cc1C(=O)NC1C2C3CCC(C3)C12. The Balaban J connectivity index is 1.50. The van der Waals surface area contributed by atoms with Crippen molar-refractivity contribution < 1.29 is 4.79 Å². The normalized spacial score (nSPS) is 36.6. The number of anilines is 1. The Bertz CT molecular complexity index is 552. The van der Waals surface area contributed by atoms with Crippen LogP contribution < -0.4 is 10.6 Å². The second-order valence-corrected chi connectivity index (χ2v) is 6.79. The molecule has 4 atom stereocenters. The quantitative estimate of drug-likeness (QED) is 0.886. The molecule has 4 rings (SSSR count). The summed E-state index contributed by atoms with van der Waals surface area (Å²) >= 11 is 0. The van der Waals surface area contributed by atoms with Crippen LogP contribution in [0.2, 0.25) is 0 Å². The van der Waals surface area contributed by atoms with Gasteiger partial charge < -0.3 is 10.6 Å². The Labute approximate surface area is 120 Å². The number of nitrogens with one attached hydrogen (secondary N) is 2. The largest absolute Gasteiger partial charge is 0.387 e. The fourth-order valence-electron chi connectivity index (χ4n) is 4.81. The van der Waals surface area contributed by atoms with E-state index in [1.165, 1.54) is 19.3 Å². The summed E-state index contributed by atoms with van der Waals surface area (Å²) in [7, 11) is 1.87. The third kappa shape index (κ3) is 1.68. The van der Waals surface area contributed by atoms with E-state index in [-0.39, 0.29) is 5.91 Å². The van der Waals surface area contributed by atoms with E-state index in [4.69, 9.17) is 0 Å². The van der Waals surface area contributed by atoms with Gasteiger partial charge in [-0.05, 0) is 62.0 Å². The lowest BCUT2D eigenvalue weighted by Gasteiger charge is -2.13. The van der Waals surface area contributed by atoms with Crippen molar-refractivity contribution in [3.8, 4) is 0 Å². The number of carbonyl (C=O) groups is 1. The molecule has 3 nitrogen and oxygen atoms in total. The van der Waals surface area contributed by atoms with E-state index in [2.05, 4.69) is 10.6 Å². The van der Waals surface area contributed by atoms with Crippen molar-refractivity contribution in [2.75, 3.05) is 12.4 Å². The van der Waals surface area contributed by atoms with Crippen molar-refractivity contribution in [1.82, 2.24) is 5.32 Å². The second-order valence-electron chi connectivity index (χ2n) is 6.79. The van der Waals surface area contributed by atoms with E-state index in [1.807, 2.05) is 32.2 Å². The third-order valence-corrected chi connectivity index (χ3v) is 5.72. The zero-order chi connectivity index (χ0) is 13.9. The van der Waals surface area contributed by atoms with Crippen LogP contribution in [0.5, 0.6) is 0 Å². The van der Waals surface area contributed by atoms with E-state index in [9.17, 15) is 4.79 Å². The Morgan fingerprint density at radius 2 is 1.90 bits per heavy atom. The summed E-state index contributed by atoms with van der Waals surface area (Å²) in [5.41, 5.74) is 2.83. The van der Waals surface area contributed by atoms with Crippen molar-refractivity contribution in [2.45, 2.75) is 32.2 Å². The summed E-state index contributed by atoms with van der Waals surface area (Å²) in [4.78, 5) is 12.5. The summed E-state index contributed by atoms with van der Waals surface area (Å²) in [6.07, 6.45) is 4.21. The molecular formula is C17H22N2O. The molecule has 2 N–H and O–H groups in total. The number of rotatable bonds is 3. The monoisotopic (exact) mass is 270 g/mol. The maximum absolute atomic E-state index is 12.5. The first kappa shape index (κ1) is 12.2. The molecule has 4 unspecified atom stereocenters. The molecule has 3 fully saturated rings. The molecule has 1 aromatic rings. The van der Waals surface area contributed by atoms with Gasteiger partial charge in [-0.25, -0.2) is 0 Å². The maximum Gasteiger partial charge on any atom is 0.253 e. The second kappa shape index (κ2) is 4.24. The first-order valence-corrected chi connectivity index (χ1v) is 7.78. The van der Waals surface area contributed by atoms with Gasteiger partial charge >= 0.3 is 0 Å². The van der Waals surface area contributed by atoms with Crippen molar-refractivity contribution in [3.63, 3.8) is 0 Å². The predicted molar refractivity (Wildman–Crippen MR) is 79.8 cm³/mol. The first-order valence-electron chi connectivity index (χ1n) is 7.78. The van der Waals surface area contributed by atoms with Gasteiger partial charge in [0.2, 0.25) is 0 Å². The highest BCUT2D eigenvalue weighted by Gasteiger charge is 2.65. The summed E-state index contributed by atoms with van der Waals surface area (Å²) in [6, 6.07) is 6.46. The van der Waals surface area contributed by atoms with Gasteiger partial charge in [-0.3, -0.25) is 4.79 Å². The molecule has 1 amide bonds. The van der Waals surface area contributed by atoms with Gasteiger partial charge in [0.05, 0.1) is 5.56 Å². The Hall–Kier alpha value is -1.51. The summed E-state index contributed by atoms with van der Waals surface area (Å²) in [5.74, 6) is 3.48. The lowest BCUT2D eigenvalue weighted by molar-refractivity contribution is 0.0945. The Kier molecular flexibility index (Phi) is 2.60. The van der Waals surface area contributed by atoms with Gasteiger partial charge in [-0.15, -0.1) is 0 Å². The van der Waals surface area contributed by atoms with E-state index in [0.29, 0.717) is 6.04 Å². The molecule has 3 heteroatoms. The third-order valence-electron chi connectivity index (χ3n) is 5.72. The Morgan fingerprint density at radius 1 is 1.20 bits per heavy atom. The molecule has 3 saturated carbocycles. The molecule has 0 aromatic heterocycles. The number of aryl methyl sites for hydroxylation is 1. The van der Waals surface area contributed by atoms with E-state index in [1.54, 1.807) is 0 Å². The fraction of sp³-hybridized carbons (Fsp3) is 0.588. The molecule has 0 aliphatic heterocycles. The van der Waals surface area contributed by atoms with Crippen LogP contribution in [0.15, 0.2) is 18.2 Å². The Morgan fingerprint density at radius 3 is 2.55 bits per heavy atom. The number of benzene rings is 1. The van der Waals surface area contributed by atoms with Crippen molar-refractivity contribution in [2.24, 2.45) is 23.7 Å². The summed E-state index contributed by atoms with van der Waals surface area (Å²) < 4.78 is 0. The van der Waals surface area contributed by atoms with Crippen molar-refractivity contribution in [1.29, 1.82) is 0 Å². The number of carbonyl (C=O) groups excluding carboxylic acids is 1. The highest BCUT2D eigenvalue weighted by atomic mass is 16.1. The molecule has 2 bridgehead atoms. The van der Waals surface area contributed by atoms with E-state index < -0.39 is 0 Å². The number of amides is 1. The minimum atomic E-state index is 0.0943. The number of hydrogen-bond donors (Lipinski definition) is 2. The van der Waals surface area contributed by atoms with E-state index >= 15 is 0 Å². The molecule has 106 valence electrons. The molecule has 0 radical (unpaired) electrons. The minimum absolute atomic E-state index is 0.0943. The average molecular weight is 270 g/mol.